The maximum Gasteiger partial charge on any atom is 0.320 e. The molecule has 0 aliphatic rings. The van der Waals surface area contributed by atoms with Gasteiger partial charge in [0.1, 0.15) is 11.7 Å². The number of rotatable bonds is 5. The third kappa shape index (κ3) is 4.69. The fraction of sp³-hybridized carbons (Fsp3) is 0.278. The number of anilines is 2. The molecular weight excluding hydrogens is 316 g/mol. The molecule has 7 nitrogen and oxygen atoms in total. The summed E-state index contributed by atoms with van der Waals surface area (Å²) < 4.78 is 0. The van der Waals surface area contributed by atoms with Crippen LogP contribution in [-0.4, -0.2) is 23.4 Å². The summed E-state index contributed by atoms with van der Waals surface area (Å²) in [6, 6.07) is 10.8. The van der Waals surface area contributed by atoms with Crippen molar-refractivity contribution >= 4 is 23.4 Å². The van der Waals surface area contributed by atoms with Crippen LogP contribution in [-0.2, 0) is 0 Å². The number of aryl methyl sites for hydroxylation is 1. The number of aromatic nitrogens is 1. The van der Waals surface area contributed by atoms with Gasteiger partial charge in [0, 0.05) is 18.3 Å². The Morgan fingerprint density at radius 3 is 2.60 bits per heavy atom. The highest BCUT2D eigenvalue weighted by Gasteiger charge is 2.14. The van der Waals surface area contributed by atoms with Crippen molar-refractivity contribution in [3.63, 3.8) is 0 Å². The van der Waals surface area contributed by atoms with E-state index in [0.717, 1.165) is 5.56 Å². The molecule has 0 unspecified atom stereocenters. The Balaban J connectivity index is 2.10. The quantitative estimate of drug-likeness (QED) is 0.494. The van der Waals surface area contributed by atoms with E-state index < -0.39 is 0 Å². The maximum atomic E-state index is 12.2. The molecule has 2 aromatic rings. The van der Waals surface area contributed by atoms with Crippen LogP contribution in [0.25, 0.3) is 0 Å². The van der Waals surface area contributed by atoms with E-state index in [-0.39, 0.29) is 12.1 Å². The van der Waals surface area contributed by atoms with Crippen molar-refractivity contribution in [2.45, 2.75) is 26.8 Å². The third-order valence-corrected chi connectivity index (χ3v) is 3.70. The highest BCUT2D eigenvalue weighted by atomic mass is 16.2. The lowest BCUT2D eigenvalue weighted by Crippen LogP contribution is -2.31. The molecular formula is C18H24N6O. The number of hydrogen-bond donors (Lipinski definition) is 4. The van der Waals surface area contributed by atoms with Gasteiger partial charge >= 0.3 is 6.03 Å². The Hall–Kier alpha value is -3.09. The number of urea groups is 1. The lowest BCUT2D eigenvalue weighted by atomic mass is 10.1. The van der Waals surface area contributed by atoms with Crippen LogP contribution >= 0.6 is 0 Å². The maximum absolute atomic E-state index is 12.2. The minimum Gasteiger partial charge on any atom is -0.398 e. The molecule has 6 N–H and O–H groups in total. The standard InChI is InChI=1S/C18H24N6O/c1-4-21-17(20)16-12(3)22-15(10-14(16)19)24-18(25)23-11(2)13-8-6-5-7-9-13/h5-11H,4H2,1-3H3,(H2,20,21)(H4,19,22,23,24,25)/t11-/m1/s1. The highest BCUT2D eigenvalue weighted by Crippen LogP contribution is 2.19. The van der Waals surface area contributed by atoms with E-state index >= 15 is 0 Å². The summed E-state index contributed by atoms with van der Waals surface area (Å²) in [4.78, 5) is 20.7. The molecule has 0 aliphatic heterocycles. The number of carbonyl (C=O) groups is 1. The topological polar surface area (TPSA) is 118 Å². The summed E-state index contributed by atoms with van der Waals surface area (Å²) in [7, 11) is 0. The van der Waals surface area contributed by atoms with Gasteiger partial charge in [-0.05, 0) is 26.3 Å². The van der Waals surface area contributed by atoms with Crippen LogP contribution < -0.4 is 22.1 Å². The van der Waals surface area contributed by atoms with Crippen molar-refractivity contribution in [2.75, 3.05) is 17.6 Å². The lowest BCUT2D eigenvalue weighted by molar-refractivity contribution is 0.249. The molecule has 132 valence electrons. The second kappa shape index (κ2) is 8.14. The molecule has 25 heavy (non-hydrogen) atoms. The number of nitrogens with zero attached hydrogens (tertiary/aromatic N) is 2. The SMILES string of the molecule is CCN=C(N)c1c(N)cc(NC(=O)N[C@H](C)c2ccccc2)nc1C. The van der Waals surface area contributed by atoms with Gasteiger partial charge in [-0.2, -0.15) is 0 Å². The van der Waals surface area contributed by atoms with E-state index in [9.17, 15) is 4.79 Å². The Morgan fingerprint density at radius 1 is 1.32 bits per heavy atom. The first-order chi connectivity index (χ1) is 11.9. The zero-order valence-electron chi connectivity index (χ0n) is 14.7. The first-order valence-corrected chi connectivity index (χ1v) is 8.12. The average Bonchev–Trinajstić information content (AvgIpc) is 2.55. The first kappa shape index (κ1) is 18.3. The molecule has 0 bridgehead atoms. The molecule has 0 radical (unpaired) electrons. The van der Waals surface area contributed by atoms with Crippen molar-refractivity contribution in [3.8, 4) is 0 Å². The smallest absolute Gasteiger partial charge is 0.320 e. The second-order valence-corrected chi connectivity index (χ2v) is 5.65. The third-order valence-electron chi connectivity index (χ3n) is 3.70. The second-order valence-electron chi connectivity index (χ2n) is 5.65. The van der Waals surface area contributed by atoms with E-state index in [4.69, 9.17) is 11.5 Å². The highest BCUT2D eigenvalue weighted by molar-refractivity contribution is 6.03. The number of nitrogens with one attached hydrogen (secondary N) is 2. The van der Waals surface area contributed by atoms with Gasteiger partial charge < -0.3 is 16.8 Å². The molecule has 1 heterocycles. The van der Waals surface area contributed by atoms with E-state index in [1.807, 2.05) is 44.2 Å². The van der Waals surface area contributed by atoms with Crippen molar-refractivity contribution in [3.05, 3.63) is 53.2 Å². The summed E-state index contributed by atoms with van der Waals surface area (Å²) >= 11 is 0. The summed E-state index contributed by atoms with van der Waals surface area (Å²) in [6.45, 7) is 6.14. The van der Waals surface area contributed by atoms with Crippen LogP contribution in [0.3, 0.4) is 0 Å². The van der Waals surface area contributed by atoms with Crippen LogP contribution in [0.2, 0.25) is 0 Å². The molecule has 1 atom stereocenters. The number of aliphatic imine (C=N–C) groups is 1. The number of amidine groups is 1. The van der Waals surface area contributed by atoms with Crippen molar-refractivity contribution in [2.24, 2.45) is 10.7 Å². The number of nitrogen functional groups attached to an aromatic ring is 1. The zero-order chi connectivity index (χ0) is 18.4. The zero-order valence-corrected chi connectivity index (χ0v) is 14.7. The van der Waals surface area contributed by atoms with E-state index in [0.29, 0.717) is 35.1 Å². The van der Waals surface area contributed by atoms with Gasteiger partial charge in [-0.15, -0.1) is 0 Å². The fourth-order valence-electron chi connectivity index (χ4n) is 2.52. The van der Waals surface area contributed by atoms with Gasteiger partial charge in [0.15, 0.2) is 0 Å². The molecule has 7 heteroatoms. The number of benzene rings is 1. The molecule has 1 aromatic carbocycles. The minimum atomic E-state index is -0.356. The summed E-state index contributed by atoms with van der Waals surface area (Å²) in [5.41, 5.74) is 14.6. The Morgan fingerprint density at radius 2 is 2.00 bits per heavy atom. The van der Waals surface area contributed by atoms with Gasteiger partial charge in [0.05, 0.1) is 17.3 Å². The molecule has 0 saturated heterocycles. The largest absolute Gasteiger partial charge is 0.398 e. The first-order valence-electron chi connectivity index (χ1n) is 8.12. The molecule has 0 fully saturated rings. The van der Waals surface area contributed by atoms with E-state index in [1.54, 1.807) is 13.0 Å². The number of pyridine rings is 1. The average molecular weight is 340 g/mol. The summed E-state index contributed by atoms with van der Waals surface area (Å²) in [6.07, 6.45) is 0. The summed E-state index contributed by atoms with van der Waals surface area (Å²) in [5, 5.41) is 5.56. The normalized spacial score (nSPS) is 12.5. The van der Waals surface area contributed by atoms with Gasteiger partial charge in [-0.1, -0.05) is 30.3 Å². The van der Waals surface area contributed by atoms with Gasteiger partial charge in [0.2, 0.25) is 0 Å². The Labute approximate surface area is 147 Å². The monoisotopic (exact) mass is 340 g/mol. The lowest BCUT2D eigenvalue weighted by Gasteiger charge is -2.16. The van der Waals surface area contributed by atoms with E-state index in [1.165, 1.54) is 0 Å². The Bertz CT molecular complexity index is 749. The summed E-state index contributed by atoms with van der Waals surface area (Å²) in [5.74, 6) is 0.708. The molecule has 0 aliphatic carbocycles. The van der Waals surface area contributed by atoms with Crippen molar-refractivity contribution in [1.82, 2.24) is 10.3 Å². The van der Waals surface area contributed by atoms with Crippen LogP contribution in [0.5, 0.6) is 0 Å². The van der Waals surface area contributed by atoms with Gasteiger partial charge in [-0.25, -0.2) is 9.78 Å². The molecule has 1 aromatic heterocycles. The molecule has 0 spiro atoms. The number of amides is 2. The minimum absolute atomic E-state index is 0.133. The van der Waals surface area contributed by atoms with E-state index in [2.05, 4.69) is 20.6 Å². The fourth-order valence-corrected chi connectivity index (χ4v) is 2.52. The van der Waals surface area contributed by atoms with Crippen LogP contribution in [0.1, 0.15) is 36.7 Å². The number of carbonyl (C=O) groups excluding carboxylic acids is 1. The Kier molecular flexibility index (Phi) is 5.94. The van der Waals surface area contributed by atoms with Crippen molar-refractivity contribution in [1.29, 1.82) is 0 Å². The molecule has 0 saturated carbocycles. The predicted octanol–water partition coefficient (Wildman–Crippen LogP) is 2.58. The molecule has 2 amide bonds. The predicted molar refractivity (Wildman–Crippen MR) is 102 cm³/mol. The van der Waals surface area contributed by atoms with Crippen LogP contribution in [0.4, 0.5) is 16.3 Å². The van der Waals surface area contributed by atoms with Crippen LogP contribution in [0.15, 0.2) is 41.4 Å². The number of nitrogens with two attached hydrogens (primary N) is 2. The van der Waals surface area contributed by atoms with Crippen molar-refractivity contribution < 1.29 is 4.79 Å². The number of hydrogen-bond acceptors (Lipinski definition) is 4. The van der Waals surface area contributed by atoms with Gasteiger partial charge in [0.25, 0.3) is 0 Å². The molecule has 2 rings (SSSR count). The van der Waals surface area contributed by atoms with Gasteiger partial charge in [-0.3, -0.25) is 10.3 Å². The van der Waals surface area contributed by atoms with Crippen LogP contribution in [0, 0.1) is 6.92 Å².